The number of aliphatic hydroxyl groups is 1. The number of nitrogens with zero attached hydrogens (tertiary/aromatic N) is 1. The molecule has 0 aromatic heterocycles. The van der Waals surface area contributed by atoms with Crippen LogP contribution >= 0.6 is 45.8 Å². The lowest BCUT2D eigenvalue weighted by molar-refractivity contribution is 0.203. The quantitative estimate of drug-likeness (QED) is 0.501. The summed E-state index contributed by atoms with van der Waals surface area (Å²) in [4.78, 5) is 4.09. The van der Waals surface area contributed by atoms with E-state index in [1.807, 2.05) is 34.7 Å². The van der Waals surface area contributed by atoms with Crippen LogP contribution in [0.4, 0.5) is 0 Å². The summed E-state index contributed by atoms with van der Waals surface area (Å²) in [6, 6.07) is 7.31. The molecule has 15 heavy (non-hydrogen) atoms. The van der Waals surface area contributed by atoms with Crippen LogP contribution in [0.25, 0.3) is 0 Å². The maximum atomic E-state index is 9.37. The molecular weight excluding hydrogens is 348 g/mol. The second kappa shape index (κ2) is 6.68. The van der Waals surface area contributed by atoms with Crippen molar-refractivity contribution in [3.8, 4) is 0 Å². The maximum Gasteiger partial charge on any atom is 0.113 e. The van der Waals surface area contributed by atoms with Crippen LogP contribution in [0.15, 0.2) is 29.3 Å². The van der Waals surface area contributed by atoms with Crippen molar-refractivity contribution >= 4 is 52.0 Å². The SMILES string of the molecule is OC(CN=Cc1ccc(Cl)cc1)[C@@H](Cl)I. The second-order valence-electron chi connectivity index (χ2n) is 2.95. The van der Waals surface area contributed by atoms with Crippen LogP contribution in [0.5, 0.6) is 0 Å². The van der Waals surface area contributed by atoms with E-state index in [2.05, 4.69) is 4.99 Å². The molecule has 0 aliphatic rings. The zero-order valence-corrected chi connectivity index (χ0v) is 11.4. The van der Waals surface area contributed by atoms with Gasteiger partial charge in [0.1, 0.15) is 3.38 Å². The number of aliphatic imine (C=N–C) groups is 1. The van der Waals surface area contributed by atoms with Crippen LogP contribution in [0.1, 0.15) is 5.56 Å². The van der Waals surface area contributed by atoms with Crippen molar-refractivity contribution in [1.29, 1.82) is 0 Å². The van der Waals surface area contributed by atoms with Crippen LogP contribution in [-0.4, -0.2) is 27.4 Å². The molecule has 1 aromatic rings. The second-order valence-corrected chi connectivity index (χ2v) is 5.93. The van der Waals surface area contributed by atoms with E-state index in [9.17, 15) is 5.11 Å². The lowest BCUT2D eigenvalue weighted by Crippen LogP contribution is -2.18. The first-order valence-corrected chi connectivity index (χ1v) is 6.37. The molecule has 2 nitrogen and oxygen atoms in total. The Hall–Kier alpha value is 0.160. The van der Waals surface area contributed by atoms with Gasteiger partial charge in [-0.25, -0.2) is 0 Å². The largest absolute Gasteiger partial charge is 0.389 e. The number of hydrogen-bond acceptors (Lipinski definition) is 2. The van der Waals surface area contributed by atoms with Crippen molar-refractivity contribution in [1.82, 2.24) is 0 Å². The molecule has 2 atom stereocenters. The predicted molar refractivity (Wildman–Crippen MR) is 73.6 cm³/mol. The first-order valence-electron chi connectivity index (χ1n) is 4.31. The molecule has 1 unspecified atom stereocenters. The van der Waals surface area contributed by atoms with Gasteiger partial charge in [0.05, 0.1) is 12.6 Å². The molecule has 0 aliphatic carbocycles. The number of halogens is 3. The van der Waals surface area contributed by atoms with Crippen LogP contribution in [0.2, 0.25) is 5.02 Å². The monoisotopic (exact) mass is 357 g/mol. The Morgan fingerprint density at radius 3 is 2.53 bits per heavy atom. The van der Waals surface area contributed by atoms with Gasteiger partial charge < -0.3 is 5.11 Å². The van der Waals surface area contributed by atoms with Gasteiger partial charge in [0.25, 0.3) is 0 Å². The van der Waals surface area contributed by atoms with E-state index in [0.29, 0.717) is 11.6 Å². The predicted octanol–water partition coefficient (Wildman–Crippen LogP) is 3.12. The van der Waals surface area contributed by atoms with Crippen molar-refractivity contribution < 1.29 is 5.11 Å². The van der Waals surface area contributed by atoms with Gasteiger partial charge >= 0.3 is 0 Å². The van der Waals surface area contributed by atoms with Crippen molar-refractivity contribution in [3.63, 3.8) is 0 Å². The fraction of sp³-hybridized carbons (Fsp3) is 0.300. The number of aliphatic hydroxyl groups excluding tert-OH is 1. The molecular formula is C10H10Cl2INO. The summed E-state index contributed by atoms with van der Waals surface area (Å²) in [5.74, 6) is 0. The number of rotatable bonds is 4. The molecule has 0 spiro atoms. The Kier molecular flexibility index (Phi) is 5.89. The lowest BCUT2D eigenvalue weighted by atomic mass is 10.2. The van der Waals surface area contributed by atoms with Gasteiger partial charge in [-0.1, -0.05) is 46.3 Å². The highest BCUT2D eigenvalue weighted by Gasteiger charge is 2.10. The fourth-order valence-electron chi connectivity index (χ4n) is 0.895. The van der Waals surface area contributed by atoms with Crippen LogP contribution in [0.3, 0.4) is 0 Å². The molecule has 0 fully saturated rings. The number of hydrogen-bond donors (Lipinski definition) is 1. The highest BCUT2D eigenvalue weighted by Crippen LogP contribution is 2.11. The van der Waals surface area contributed by atoms with E-state index in [0.717, 1.165) is 5.56 Å². The third kappa shape index (κ3) is 5.15. The summed E-state index contributed by atoms with van der Waals surface area (Å²) < 4.78 is -0.315. The Morgan fingerprint density at radius 2 is 2.00 bits per heavy atom. The van der Waals surface area contributed by atoms with Crippen LogP contribution in [0, 0.1) is 0 Å². The number of benzene rings is 1. The average Bonchev–Trinajstić information content (AvgIpc) is 2.20. The van der Waals surface area contributed by atoms with E-state index >= 15 is 0 Å². The molecule has 5 heteroatoms. The standard InChI is InChI=1S/C10H10Cl2INO/c11-8-3-1-7(2-4-8)5-14-6-9(15)10(12)13/h1-5,9-10,15H,6H2/t9?,10-/m0/s1. The van der Waals surface area contributed by atoms with Crippen LogP contribution in [-0.2, 0) is 0 Å². The molecule has 0 aliphatic heterocycles. The van der Waals surface area contributed by atoms with E-state index < -0.39 is 6.10 Å². The van der Waals surface area contributed by atoms with E-state index in [1.165, 1.54) is 0 Å². The molecule has 0 amide bonds. The molecule has 1 aromatic carbocycles. The maximum absolute atomic E-state index is 9.37. The highest BCUT2D eigenvalue weighted by atomic mass is 127. The van der Waals surface area contributed by atoms with Gasteiger partial charge in [-0.05, 0) is 17.7 Å². The van der Waals surface area contributed by atoms with E-state index in [1.54, 1.807) is 18.3 Å². The Labute approximate surface area is 112 Å². The summed E-state index contributed by atoms with van der Waals surface area (Å²) in [6.07, 6.45) is 1.07. The molecule has 1 rings (SSSR count). The van der Waals surface area contributed by atoms with Gasteiger partial charge in [0.2, 0.25) is 0 Å². The zero-order chi connectivity index (χ0) is 11.3. The van der Waals surface area contributed by atoms with Crippen molar-refractivity contribution in [2.45, 2.75) is 9.49 Å². The van der Waals surface area contributed by atoms with Crippen molar-refractivity contribution in [2.24, 2.45) is 4.99 Å². The van der Waals surface area contributed by atoms with Gasteiger partial charge in [-0.3, -0.25) is 4.99 Å². The first-order chi connectivity index (χ1) is 7.09. The van der Waals surface area contributed by atoms with Gasteiger partial charge in [0, 0.05) is 11.2 Å². The summed E-state index contributed by atoms with van der Waals surface area (Å²) in [7, 11) is 0. The summed E-state index contributed by atoms with van der Waals surface area (Å²) >= 11 is 13.4. The third-order valence-corrected chi connectivity index (χ3v) is 3.07. The first kappa shape index (κ1) is 13.2. The minimum Gasteiger partial charge on any atom is -0.389 e. The summed E-state index contributed by atoms with van der Waals surface area (Å²) in [5, 5.41) is 10.1. The van der Waals surface area contributed by atoms with E-state index in [-0.39, 0.29) is 3.38 Å². The van der Waals surface area contributed by atoms with E-state index in [4.69, 9.17) is 23.2 Å². The molecule has 0 saturated carbocycles. The Balaban J connectivity index is 2.48. The lowest BCUT2D eigenvalue weighted by Gasteiger charge is -2.07. The zero-order valence-electron chi connectivity index (χ0n) is 7.78. The van der Waals surface area contributed by atoms with Gasteiger partial charge in [0.15, 0.2) is 0 Å². The topological polar surface area (TPSA) is 32.6 Å². The summed E-state index contributed by atoms with van der Waals surface area (Å²) in [6.45, 7) is 0.305. The minimum atomic E-state index is -0.615. The molecule has 82 valence electrons. The minimum absolute atomic E-state index is 0.305. The highest BCUT2D eigenvalue weighted by molar-refractivity contribution is 14.1. The molecule has 0 heterocycles. The van der Waals surface area contributed by atoms with Gasteiger partial charge in [-0.2, -0.15) is 0 Å². The summed E-state index contributed by atoms with van der Waals surface area (Å²) in [5.41, 5.74) is 0.950. The third-order valence-electron chi connectivity index (χ3n) is 1.69. The Bertz CT molecular complexity index is 327. The molecule has 0 bridgehead atoms. The van der Waals surface area contributed by atoms with Crippen LogP contribution < -0.4 is 0 Å². The average molecular weight is 358 g/mol. The molecule has 1 N–H and O–H groups in total. The molecule has 0 saturated heterocycles. The fourth-order valence-corrected chi connectivity index (χ4v) is 1.33. The smallest absolute Gasteiger partial charge is 0.113 e. The van der Waals surface area contributed by atoms with Crippen molar-refractivity contribution in [3.05, 3.63) is 34.9 Å². The van der Waals surface area contributed by atoms with Gasteiger partial charge in [-0.15, -0.1) is 11.6 Å². The normalized spacial score (nSPS) is 15.5. The Morgan fingerprint density at radius 1 is 1.40 bits per heavy atom. The molecule has 0 radical (unpaired) electrons. The van der Waals surface area contributed by atoms with Crippen molar-refractivity contribution in [2.75, 3.05) is 6.54 Å². The number of alkyl halides is 2.